The van der Waals surface area contributed by atoms with Crippen LogP contribution < -0.4 is 14.2 Å². The lowest BCUT2D eigenvalue weighted by Gasteiger charge is -2.09. The van der Waals surface area contributed by atoms with Crippen LogP contribution >= 0.6 is 0 Å². The fourth-order valence-electron chi connectivity index (χ4n) is 4.42. The monoisotopic (exact) mass is 592 g/mol. The molecular weight excluding hydrogens is 556 g/mol. The minimum Gasteiger partial charge on any atom is -0.494 e. The minimum atomic E-state index is -0.497. The zero-order chi connectivity index (χ0) is 31.3. The van der Waals surface area contributed by atoms with Crippen molar-refractivity contribution in [1.82, 2.24) is 0 Å². The van der Waals surface area contributed by atoms with Gasteiger partial charge in [-0.1, -0.05) is 48.5 Å². The summed E-state index contributed by atoms with van der Waals surface area (Å²) in [5.74, 6) is 0.259. The molecule has 0 heterocycles. The summed E-state index contributed by atoms with van der Waals surface area (Å²) in [5, 5.41) is 0. The number of ether oxygens (including phenoxy) is 4. The molecule has 4 aromatic carbocycles. The topological polar surface area (TPSA) is 88.1 Å². The lowest BCUT2D eigenvalue weighted by molar-refractivity contribution is -0.137. The number of rotatable bonds is 14. The van der Waals surface area contributed by atoms with Gasteiger partial charge in [0.05, 0.1) is 24.3 Å². The van der Waals surface area contributed by atoms with Crippen molar-refractivity contribution >= 4 is 17.9 Å². The van der Waals surface area contributed by atoms with Gasteiger partial charge in [0.25, 0.3) is 0 Å². The smallest absolute Gasteiger partial charge is 0.343 e. The molecule has 0 aliphatic carbocycles. The number of aryl methyl sites for hydroxylation is 2. The van der Waals surface area contributed by atoms with Crippen LogP contribution in [0.4, 0.5) is 0 Å². The van der Waals surface area contributed by atoms with Gasteiger partial charge in [-0.05, 0) is 111 Å². The standard InChI is InChI=1S/C37H36O7/c1-4-35(38)42-24-8-6-5-7-23-41-32-18-14-29(15-19-32)28-10-12-30(13-11-28)36(39)43-33-20-16-31(17-21-33)37(40)44-34-22-9-26(2)25-27(34)3/h4,9-22,25H,1,5-8,23-24H2,2-3H3. The number of carbonyl (C=O) groups excluding carboxylic acids is 3. The van der Waals surface area contributed by atoms with Crippen molar-refractivity contribution in [2.45, 2.75) is 39.5 Å². The maximum atomic E-state index is 12.7. The molecule has 4 aromatic rings. The van der Waals surface area contributed by atoms with E-state index in [0.717, 1.165) is 53.7 Å². The van der Waals surface area contributed by atoms with Gasteiger partial charge in [-0.3, -0.25) is 0 Å². The van der Waals surface area contributed by atoms with Gasteiger partial charge >= 0.3 is 17.9 Å². The summed E-state index contributed by atoms with van der Waals surface area (Å²) in [6, 6.07) is 26.8. The van der Waals surface area contributed by atoms with E-state index < -0.39 is 11.9 Å². The zero-order valence-corrected chi connectivity index (χ0v) is 25.0. The Morgan fingerprint density at radius 1 is 0.636 bits per heavy atom. The molecular formula is C37H36O7. The fraction of sp³-hybridized carbons (Fsp3) is 0.216. The molecule has 0 radical (unpaired) electrons. The van der Waals surface area contributed by atoms with Crippen LogP contribution in [0.5, 0.6) is 17.2 Å². The summed E-state index contributed by atoms with van der Waals surface area (Å²) in [7, 11) is 0. The molecule has 7 heteroatoms. The Morgan fingerprint density at radius 2 is 1.18 bits per heavy atom. The second-order valence-corrected chi connectivity index (χ2v) is 10.3. The predicted octanol–water partition coefficient (Wildman–Crippen LogP) is 8.08. The summed E-state index contributed by atoms with van der Waals surface area (Å²) in [4.78, 5) is 36.3. The van der Waals surface area contributed by atoms with Gasteiger partial charge in [0, 0.05) is 6.08 Å². The van der Waals surface area contributed by atoms with Gasteiger partial charge in [-0.2, -0.15) is 0 Å². The molecule has 7 nitrogen and oxygen atoms in total. The summed E-state index contributed by atoms with van der Waals surface area (Å²) in [6.07, 6.45) is 4.87. The number of unbranched alkanes of at least 4 members (excludes halogenated alkanes) is 3. The van der Waals surface area contributed by atoms with Crippen LogP contribution in [0.3, 0.4) is 0 Å². The molecule has 0 aliphatic rings. The molecule has 4 rings (SSSR count). The SMILES string of the molecule is C=CC(=O)OCCCCCCOc1ccc(-c2ccc(C(=O)Oc3ccc(C(=O)Oc4ccc(C)cc4C)cc3)cc2)cc1. The van der Waals surface area contributed by atoms with Crippen molar-refractivity contribution < 1.29 is 33.3 Å². The summed E-state index contributed by atoms with van der Waals surface area (Å²) in [5.41, 5.74) is 4.68. The molecule has 0 bridgehead atoms. The minimum absolute atomic E-state index is 0.326. The first-order valence-electron chi connectivity index (χ1n) is 14.6. The molecule has 0 fully saturated rings. The Labute approximate surface area is 258 Å². The highest BCUT2D eigenvalue weighted by molar-refractivity contribution is 5.93. The van der Waals surface area contributed by atoms with Crippen molar-refractivity contribution in [2.24, 2.45) is 0 Å². The Balaban J connectivity index is 1.21. The van der Waals surface area contributed by atoms with Crippen molar-refractivity contribution in [1.29, 1.82) is 0 Å². The Bertz CT molecular complexity index is 1570. The van der Waals surface area contributed by atoms with Gasteiger partial charge in [0.2, 0.25) is 0 Å². The number of benzene rings is 4. The third-order valence-electron chi connectivity index (χ3n) is 6.86. The molecule has 0 saturated heterocycles. The van der Waals surface area contributed by atoms with Gasteiger partial charge in [0.1, 0.15) is 17.2 Å². The van der Waals surface area contributed by atoms with E-state index in [2.05, 4.69) is 6.58 Å². The van der Waals surface area contributed by atoms with E-state index in [1.54, 1.807) is 42.5 Å². The van der Waals surface area contributed by atoms with E-state index >= 15 is 0 Å². The van der Waals surface area contributed by atoms with Crippen molar-refractivity contribution in [2.75, 3.05) is 13.2 Å². The summed E-state index contributed by atoms with van der Waals surface area (Å²) < 4.78 is 21.8. The zero-order valence-electron chi connectivity index (χ0n) is 25.0. The maximum Gasteiger partial charge on any atom is 0.343 e. The Kier molecular flexibility index (Phi) is 11.5. The maximum absolute atomic E-state index is 12.7. The fourth-order valence-corrected chi connectivity index (χ4v) is 4.42. The van der Waals surface area contributed by atoms with Crippen LogP contribution in [0, 0.1) is 13.8 Å². The number of carbonyl (C=O) groups is 3. The molecule has 0 spiro atoms. The van der Waals surface area contributed by atoms with Crippen LogP contribution in [0.15, 0.2) is 104 Å². The molecule has 0 N–H and O–H groups in total. The summed E-state index contributed by atoms with van der Waals surface area (Å²) in [6.45, 7) is 8.27. The summed E-state index contributed by atoms with van der Waals surface area (Å²) >= 11 is 0. The molecule has 226 valence electrons. The normalized spacial score (nSPS) is 10.5. The Morgan fingerprint density at radius 3 is 1.80 bits per heavy atom. The molecule has 0 aliphatic heterocycles. The number of hydrogen-bond donors (Lipinski definition) is 0. The molecule has 0 aromatic heterocycles. The average Bonchev–Trinajstić information content (AvgIpc) is 3.04. The van der Waals surface area contributed by atoms with Crippen LogP contribution in [0.1, 0.15) is 57.5 Å². The highest BCUT2D eigenvalue weighted by Gasteiger charge is 2.13. The van der Waals surface area contributed by atoms with E-state index in [9.17, 15) is 14.4 Å². The first kappa shape index (κ1) is 31.8. The quantitative estimate of drug-likeness (QED) is 0.0633. The first-order chi connectivity index (χ1) is 21.3. The average molecular weight is 593 g/mol. The van der Waals surface area contributed by atoms with Crippen LogP contribution in [-0.4, -0.2) is 31.1 Å². The van der Waals surface area contributed by atoms with E-state index in [4.69, 9.17) is 18.9 Å². The second kappa shape index (κ2) is 15.9. The first-order valence-corrected chi connectivity index (χ1v) is 14.6. The molecule has 0 atom stereocenters. The molecule has 0 unspecified atom stereocenters. The highest BCUT2D eigenvalue weighted by atomic mass is 16.5. The second-order valence-electron chi connectivity index (χ2n) is 10.3. The lowest BCUT2D eigenvalue weighted by Crippen LogP contribution is -2.10. The van der Waals surface area contributed by atoms with Crippen molar-refractivity contribution in [3.63, 3.8) is 0 Å². The van der Waals surface area contributed by atoms with Gasteiger partial charge in [0.15, 0.2) is 0 Å². The third kappa shape index (κ3) is 9.42. The number of hydrogen-bond acceptors (Lipinski definition) is 7. The van der Waals surface area contributed by atoms with Crippen molar-refractivity contribution in [3.05, 3.63) is 126 Å². The third-order valence-corrected chi connectivity index (χ3v) is 6.86. The van der Waals surface area contributed by atoms with E-state index in [-0.39, 0.29) is 5.97 Å². The van der Waals surface area contributed by atoms with Crippen LogP contribution in [0.25, 0.3) is 11.1 Å². The van der Waals surface area contributed by atoms with Gasteiger partial charge < -0.3 is 18.9 Å². The molecule has 44 heavy (non-hydrogen) atoms. The molecule has 0 saturated carbocycles. The molecule has 0 amide bonds. The van der Waals surface area contributed by atoms with E-state index in [1.807, 2.05) is 62.4 Å². The number of esters is 3. The van der Waals surface area contributed by atoms with Gasteiger partial charge in [-0.25, -0.2) is 14.4 Å². The van der Waals surface area contributed by atoms with Crippen LogP contribution in [-0.2, 0) is 9.53 Å². The largest absolute Gasteiger partial charge is 0.494 e. The van der Waals surface area contributed by atoms with E-state index in [0.29, 0.717) is 35.8 Å². The lowest BCUT2D eigenvalue weighted by atomic mass is 10.0. The van der Waals surface area contributed by atoms with E-state index in [1.165, 1.54) is 6.08 Å². The Hall–Kier alpha value is -5.17. The predicted molar refractivity (Wildman–Crippen MR) is 169 cm³/mol. The van der Waals surface area contributed by atoms with Crippen LogP contribution in [0.2, 0.25) is 0 Å². The highest BCUT2D eigenvalue weighted by Crippen LogP contribution is 2.24. The van der Waals surface area contributed by atoms with Crippen molar-refractivity contribution in [3.8, 4) is 28.4 Å². The van der Waals surface area contributed by atoms with Gasteiger partial charge in [-0.15, -0.1) is 0 Å².